The van der Waals surface area contributed by atoms with Gasteiger partial charge in [0.1, 0.15) is 5.75 Å². The molecule has 1 rings (SSSR count). The van der Waals surface area contributed by atoms with E-state index in [4.69, 9.17) is 9.63 Å². The zero-order valence-corrected chi connectivity index (χ0v) is 8.47. The second-order valence-corrected chi connectivity index (χ2v) is 4.13. The van der Waals surface area contributed by atoms with E-state index in [-0.39, 0.29) is 61.5 Å². The van der Waals surface area contributed by atoms with Gasteiger partial charge < -0.3 is 9.63 Å². The molecule has 1 aromatic carbocycles. The first kappa shape index (κ1) is 15.3. The topological polar surface area (TPSA) is 63.6 Å². The van der Waals surface area contributed by atoms with E-state index in [0.29, 0.717) is 5.75 Å². The summed E-state index contributed by atoms with van der Waals surface area (Å²) in [5.74, 6) is -0.443. The monoisotopic (exact) mass is 354 g/mol. The van der Waals surface area contributed by atoms with Gasteiger partial charge in [0, 0.05) is 6.16 Å². The van der Waals surface area contributed by atoms with Crippen molar-refractivity contribution in [3.8, 4) is 5.75 Å². The van der Waals surface area contributed by atoms with Gasteiger partial charge in [-0.15, -0.1) is 0 Å². The number of para-hydroxylation sites is 1. The third-order valence-corrected chi connectivity index (χ3v) is 2.64. The summed E-state index contributed by atoms with van der Waals surface area (Å²) in [6.07, 6.45) is -0.0421. The van der Waals surface area contributed by atoms with Crippen LogP contribution in [0.25, 0.3) is 0 Å². The molecular formula is C9H13BaO4P. The summed E-state index contributed by atoms with van der Waals surface area (Å²) in [7, 11) is -2.27. The van der Waals surface area contributed by atoms with Crippen LogP contribution in [0.1, 0.15) is 6.42 Å². The number of carboxylic acid groups (broad SMARTS) is 1. The third kappa shape index (κ3) is 7.22. The van der Waals surface area contributed by atoms with Crippen LogP contribution in [0.2, 0.25) is 0 Å². The molecule has 0 aliphatic rings. The Morgan fingerprint density at radius 3 is 2.47 bits per heavy atom. The molecule has 1 atom stereocenters. The maximum absolute atomic E-state index is 11.2. The summed E-state index contributed by atoms with van der Waals surface area (Å²) < 4.78 is 16.3. The van der Waals surface area contributed by atoms with Gasteiger partial charge in [-0.05, 0) is 12.1 Å². The molecule has 1 aromatic rings. The van der Waals surface area contributed by atoms with Crippen LogP contribution in [0.5, 0.6) is 5.75 Å². The summed E-state index contributed by atoms with van der Waals surface area (Å²) in [6.45, 7) is 0. The second kappa shape index (κ2) is 8.44. The van der Waals surface area contributed by atoms with Crippen LogP contribution in [0.4, 0.5) is 0 Å². The molecule has 0 radical (unpaired) electrons. The number of hydrogen-bond acceptors (Lipinski definition) is 3. The van der Waals surface area contributed by atoms with Gasteiger partial charge in [-0.1, -0.05) is 18.2 Å². The van der Waals surface area contributed by atoms with Crippen molar-refractivity contribution in [2.24, 2.45) is 0 Å². The predicted molar refractivity (Wildman–Crippen MR) is 61.7 cm³/mol. The van der Waals surface area contributed by atoms with Gasteiger partial charge in [0.15, 0.2) is 0 Å². The first-order valence-electron chi connectivity index (χ1n) is 4.16. The van der Waals surface area contributed by atoms with Crippen LogP contribution in [0.3, 0.4) is 0 Å². The van der Waals surface area contributed by atoms with Gasteiger partial charge in [0.2, 0.25) is 8.03 Å². The first-order chi connectivity index (χ1) is 6.68. The normalized spacial score (nSPS) is 11.2. The molecule has 0 saturated carbocycles. The zero-order chi connectivity index (χ0) is 10.4. The van der Waals surface area contributed by atoms with E-state index in [1.165, 1.54) is 0 Å². The summed E-state index contributed by atoms with van der Waals surface area (Å²) >= 11 is 0. The summed E-state index contributed by atoms with van der Waals surface area (Å²) in [5, 5.41) is 8.35. The summed E-state index contributed by atoms with van der Waals surface area (Å²) in [5.41, 5.74) is 0. The molecule has 0 heterocycles. The minimum atomic E-state index is -2.27. The van der Waals surface area contributed by atoms with Crippen LogP contribution < -0.4 is 4.52 Å². The quantitative estimate of drug-likeness (QED) is 0.636. The Morgan fingerprint density at radius 2 is 1.93 bits per heavy atom. The van der Waals surface area contributed by atoms with Crippen LogP contribution >= 0.6 is 8.03 Å². The Balaban J connectivity index is 0.00000196. The van der Waals surface area contributed by atoms with Crippen LogP contribution in [-0.2, 0) is 9.36 Å². The van der Waals surface area contributed by atoms with Crippen molar-refractivity contribution in [2.45, 2.75) is 6.42 Å². The van der Waals surface area contributed by atoms with Gasteiger partial charge >= 0.3 is 54.9 Å². The molecule has 6 heteroatoms. The van der Waals surface area contributed by atoms with Crippen molar-refractivity contribution in [1.29, 1.82) is 0 Å². The number of hydrogen-bond donors (Lipinski definition) is 1. The molecular weight excluding hydrogens is 340 g/mol. The van der Waals surface area contributed by atoms with E-state index in [1.807, 2.05) is 6.07 Å². The Morgan fingerprint density at radius 1 is 1.33 bits per heavy atom. The molecule has 0 aliphatic heterocycles. The molecule has 1 N–H and O–H groups in total. The molecule has 0 bridgehead atoms. The number of aliphatic carboxylic acids is 1. The van der Waals surface area contributed by atoms with Crippen molar-refractivity contribution in [1.82, 2.24) is 0 Å². The zero-order valence-electron chi connectivity index (χ0n) is 7.47. The fourth-order valence-electron chi connectivity index (χ4n) is 0.880. The standard InChI is InChI=1S/C9H11O4P.Ba.2H/c10-9(11)6-7-14(12)13-8-4-2-1-3-5-8;;;/h1-5,14H,6-7H2,(H,10,11);;;. The number of carboxylic acids is 1. The molecule has 0 fully saturated rings. The second-order valence-electron chi connectivity index (χ2n) is 2.68. The van der Waals surface area contributed by atoms with Crippen LogP contribution in [-0.4, -0.2) is 66.1 Å². The SMILES string of the molecule is O=C(O)CC[PH](=O)Oc1ccccc1.[BaH2]. The van der Waals surface area contributed by atoms with E-state index < -0.39 is 14.0 Å². The van der Waals surface area contributed by atoms with Gasteiger partial charge in [0.25, 0.3) is 0 Å². The van der Waals surface area contributed by atoms with Crippen LogP contribution in [0.15, 0.2) is 30.3 Å². The van der Waals surface area contributed by atoms with Crippen molar-refractivity contribution in [2.75, 3.05) is 6.16 Å². The van der Waals surface area contributed by atoms with E-state index in [0.717, 1.165) is 0 Å². The van der Waals surface area contributed by atoms with E-state index >= 15 is 0 Å². The Bertz CT molecular complexity index is 328. The molecule has 0 amide bonds. The number of benzene rings is 1. The average Bonchev–Trinajstić information content (AvgIpc) is 2.16. The van der Waals surface area contributed by atoms with Crippen molar-refractivity contribution in [3.05, 3.63) is 30.3 Å². The summed E-state index contributed by atoms with van der Waals surface area (Å²) in [6, 6.07) is 8.72. The van der Waals surface area contributed by atoms with Crippen LogP contribution in [0, 0.1) is 0 Å². The van der Waals surface area contributed by atoms with E-state index in [9.17, 15) is 9.36 Å². The molecule has 0 saturated heterocycles. The predicted octanol–water partition coefficient (Wildman–Crippen LogP) is 1.10. The number of carbonyl (C=O) groups is 1. The van der Waals surface area contributed by atoms with Crippen molar-refractivity contribution < 1.29 is 19.0 Å². The number of rotatable bonds is 5. The fraction of sp³-hybridized carbons (Fsp3) is 0.222. The molecule has 0 aliphatic carbocycles. The molecule has 15 heavy (non-hydrogen) atoms. The van der Waals surface area contributed by atoms with E-state index in [1.54, 1.807) is 24.3 Å². The van der Waals surface area contributed by atoms with Gasteiger partial charge in [0.05, 0.1) is 6.42 Å². The Labute approximate surface area is 129 Å². The maximum atomic E-state index is 11.2. The molecule has 1 unspecified atom stereocenters. The van der Waals surface area contributed by atoms with E-state index in [2.05, 4.69) is 0 Å². The Kier molecular flexibility index (Phi) is 8.61. The first-order valence-corrected chi connectivity index (χ1v) is 5.68. The van der Waals surface area contributed by atoms with Gasteiger partial charge in [-0.3, -0.25) is 9.36 Å². The van der Waals surface area contributed by atoms with Crippen molar-refractivity contribution >= 4 is 62.9 Å². The molecule has 80 valence electrons. The Hall–Kier alpha value is 0.291. The molecule has 0 spiro atoms. The molecule has 4 nitrogen and oxygen atoms in total. The third-order valence-electron chi connectivity index (χ3n) is 1.52. The molecule has 0 aromatic heterocycles. The van der Waals surface area contributed by atoms with Gasteiger partial charge in [-0.25, -0.2) is 0 Å². The van der Waals surface area contributed by atoms with Crippen molar-refractivity contribution in [3.63, 3.8) is 0 Å². The summed E-state index contributed by atoms with van der Waals surface area (Å²) in [4.78, 5) is 10.2. The van der Waals surface area contributed by atoms with Gasteiger partial charge in [-0.2, -0.15) is 0 Å². The fourth-order valence-corrected chi connectivity index (χ4v) is 1.80. The average molecular weight is 354 g/mol. The minimum absolute atomic E-state index is 0.